The summed E-state index contributed by atoms with van der Waals surface area (Å²) in [7, 11) is 3.97. The molecule has 0 aliphatic heterocycles. The number of ether oxygens (including phenoxy) is 1. The molecule has 0 radical (unpaired) electrons. The molecule has 1 aromatic rings. The third-order valence-electron chi connectivity index (χ3n) is 4.61. The van der Waals surface area contributed by atoms with E-state index in [9.17, 15) is 0 Å². The van der Waals surface area contributed by atoms with Gasteiger partial charge in [-0.1, -0.05) is 31.9 Å². The van der Waals surface area contributed by atoms with Gasteiger partial charge in [-0.15, -0.1) is 0 Å². The molecular formula is C18H30N2O. The molecule has 1 N–H and O–H groups in total. The maximum Gasteiger partial charge on any atom is 0.119 e. The molecule has 1 aliphatic carbocycles. The normalized spacial score (nSPS) is 17.3. The smallest absolute Gasteiger partial charge is 0.119 e. The van der Waals surface area contributed by atoms with Crippen molar-refractivity contribution < 1.29 is 4.74 Å². The molecule has 2 rings (SSSR count). The average molecular weight is 290 g/mol. The summed E-state index contributed by atoms with van der Waals surface area (Å²) in [4.78, 5) is 2.47. The second kappa shape index (κ2) is 7.81. The average Bonchev–Trinajstić information content (AvgIpc) is 2.94. The van der Waals surface area contributed by atoms with Crippen LogP contribution in [0, 0.1) is 5.41 Å². The van der Waals surface area contributed by atoms with Crippen molar-refractivity contribution >= 4 is 0 Å². The van der Waals surface area contributed by atoms with Gasteiger partial charge in [0.05, 0.1) is 7.11 Å². The van der Waals surface area contributed by atoms with Gasteiger partial charge < -0.3 is 15.0 Å². The number of methoxy groups -OCH3 is 1. The molecule has 0 unspecified atom stereocenters. The van der Waals surface area contributed by atoms with E-state index in [2.05, 4.69) is 42.4 Å². The van der Waals surface area contributed by atoms with Crippen LogP contribution in [0.4, 0.5) is 0 Å². The Labute approximate surface area is 129 Å². The van der Waals surface area contributed by atoms with Crippen molar-refractivity contribution in [3.63, 3.8) is 0 Å². The van der Waals surface area contributed by atoms with Gasteiger partial charge in [0.1, 0.15) is 5.75 Å². The van der Waals surface area contributed by atoms with E-state index in [1.54, 1.807) is 7.11 Å². The van der Waals surface area contributed by atoms with Gasteiger partial charge in [0.25, 0.3) is 0 Å². The molecule has 0 bridgehead atoms. The molecule has 1 aliphatic rings. The lowest BCUT2D eigenvalue weighted by Gasteiger charge is -2.34. The third-order valence-corrected chi connectivity index (χ3v) is 4.61. The van der Waals surface area contributed by atoms with Gasteiger partial charge in [-0.2, -0.15) is 0 Å². The summed E-state index contributed by atoms with van der Waals surface area (Å²) in [6, 6.07) is 8.41. The minimum absolute atomic E-state index is 0.476. The summed E-state index contributed by atoms with van der Waals surface area (Å²) >= 11 is 0. The Morgan fingerprint density at radius 1 is 1.29 bits per heavy atom. The van der Waals surface area contributed by atoms with Gasteiger partial charge >= 0.3 is 0 Å². The maximum absolute atomic E-state index is 5.31. The molecule has 0 heterocycles. The monoisotopic (exact) mass is 290 g/mol. The molecule has 118 valence electrons. The zero-order chi connectivity index (χ0) is 15.1. The Hall–Kier alpha value is -1.06. The molecule has 1 aromatic carbocycles. The number of nitrogens with one attached hydrogen (secondary N) is 1. The van der Waals surface area contributed by atoms with Gasteiger partial charge in [0, 0.05) is 19.6 Å². The molecule has 0 spiro atoms. The molecule has 0 saturated heterocycles. The van der Waals surface area contributed by atoms with Gasteiger partial charge in [-0.3, -0.25) is 0 Å². The van der Waals surface area contributed by atoms with Crippen molar-refractivity contribution in [2.24, 2.45) is 5.41 Å². The van der Waals surface area contributed by atoms with Crippen molar-refractivity contribution in [3.8, 4) is 5.75 Å². The summed E-state index contributed by atoms with van der Waals surface area (Å²) < 4.78 is 5.31. The van der Waals surface area contributed by atoms with E-state index in [-0.39, 0.29) is 0 Å². The molecule has 0 amide bonds. The Kier molecular flexibility index (Phi) is 6.07. The number of nitrogens with zero attached hydrogens (tertiary/aromatic N) is 1. The first-order chi connectivity index (χ1) is 10.2. The van der Waals surface area contributed by atoms with E-state index in [1.165, 1.54) is 37.8 Å². The van der Waals surface area contributed by atoms with Crippen LogP contribution in [0.25, 0.3) is 0 Å². The maximum atomic E-state index is 5.31. The first-order valence-electron chi connectivity index (χ1n) is 8.20. The highest BCUT2D eigenvalue weighted by Crippen LogP contribution is 2.38. The lowest BCUT2D eigenvalue weighted by molar-refractivity contribution is 0.168. The SMILES string of the molecule is CCNCC1(CN(C)Cc2cccc(OC)c2)CCCC1. The highest BCUT2D eigenvalue weighted by Gasteiger charge is 2.34. The lowest BCUT2D eigenvalue weighted by atomic mass is 9.85. The van der Waals surface area contributed by atoms with Crippen LogP contribution in [0.3, 0.4) is 0 Å². The minimum atomic E-state index is 0.476. The zero-order valence-corrected chi connectivity index (χ0v) is 13.8. The van der Waals surface area contributed by atoms with Gasteiger partial charge in [0.2, 0.25) is 0 Å². The standard InChI is InChI=1S/C18H30N2O/c1-4-19-14-18(10-5-6-11-18)15-20(2)13-16-8-7-9-17(12-16)21-3/h7-9,12,19H,4-6,10-11,13-15H2,1-3H3. The lowest BCUT2D eigenvalue weighted by Crippen LogP contribution is -2.41. The zero-order valence-electron chi connectivity index (χ0n) is 13.8. The molecule has 0 aromatic heterocycles. The fraction of sp³-hybridized carbons (Fsp3) is 0.667. The molecule has 3 heteroatoms. The van der Waals surface area contributed by atoms with Crippen LogP contribution in [0.2, 0.25) is 0 Å². The Morgan fingerprint density at radius 2 is 2.05 bits per heavy atom. The highest BCUT2D eigenvalue weighted by atomic mass is 16.5. The molecule has 1 fully saturated rings. The number of hydrogen-bond donors (Lipinski definition) is 1. The van der Waals surface area contributed by atoms with Crippen LogP contribution in [0.1, 0.15) is 38.2 Å². The number of hydrogen-bond acceptors (Lipinski definition) is 3. The predicted molar refractivity (Wildman–Crippen MR) is 88.8 cm³/mol. The topological polar surface area (TPSA) is 24.5 Å². The van der Waals surface area contributed by atoms with Crippen LogP contribution in [0.5, 0.6) is 5.75 Å². The summed E-state index contributed by atoms with van der Waals surface area (Å²) in [6.07, 6.45) is 5.50. The second-order valence-corrected chi connectivity index (χ2v) is 6.51. The summed E-state index contributed by atoms with van der Waals surface area (Å²) in [6.45, 7) is 6.60. The quantitative estimate of drug-likeness (QED) is 0.795. The van der Waals surface area contributed by atoms with Gasteiger partial charge in [-0.05, 0) is 49.5 Å². The van der Waals surface area contributed by atoms with E-state index in [0.29, 0.717) is 5.41 Å². The van der Waals surface area contributed by atoms with E-state index in [1.807, 2.05) is 6.07 Å². The predicted octanol–water partition coefficient (Wildman–Crippen LogP) is 3.30. The summed E-state index contributed by atoms with van der Waals surface area (Å²) in [5.41, 5.74) is 1.80. The highest BCUT2D eigenvalue weighted by molar-refractivity contribution is 5.28. The van der Waals surface area contributed by atoms with Crippen LogP contribution >= 0.6 is 0 Å². The molecular weight excluding hydrogens is 260 g/mol. The molecule has 0 atom stereocenters. The number of benzene rings is 1. The van der Waals surface area contributed by atoms with Crippen molar-refractivity contribution in [1.82, 2.24) is 10.2 Å². The fourth-order valence-corrected chi connectivity index (χ4v) is 3.62. The van der Waals surface area contributed by atoms with Crippen molar-refractivity contribution in [2.45, 2.75) is 39.2 Å². The Morgan fingerprint density at radius 3 is 2.71 bits per heavy atom. The molecule has 1 saturated carbocycles. The first kappa shape index (κ1) is 16.3. The van der Waals surface area contributed by atoms with Gasteiger partial charge in [-0.25, -0.2) is 0 Å². The van der Waals surface area contributed by atoms with E-state index in [4.69, 9.17) is 4.74 Å². The summed E-state index contributed by atoms with van der Waals surface area (Å²) in [5, 5.41) is 3.57. The third kappa shape index (κ3) is 4.72. The molecule has 3 nitrogen and oxygen atoms in total. The van der Waals surface area contributed by atoms with Crippen molar-refractivity contribution in [2.75, 3.05) is 33.8 Å². The van der Waals surface area contributed by atoms with Crippen LogP contribution in [-0.2, 0) is 6.54 Å². The molecule has 21 heavy (non-hydrogen) atoms. The first-order valence-corrected chi connectivity index (χ1v) is 8.20. The van der Waals surface area contributed by atoms with Crippen LogP contribution in [0.15, 0.2) is 24.3 Å². The minimum Gasteiger partial charge on any atom is -0.497 e. The van der Waals surface area contributed by atoms with Crippen molar-refractivity contribution in [3.05, 3.63) is 29.8 Å². The van der Waals surface area contributed by atoms with Crippen LogP contribution < -0.4 is 10.1 Å². The number of rotatable bonds is 8. The van der Waals surface area contributed by atoms with E-state index < -0.39 is 0 Å². The largest absolute Gasteiger partial charge is 0.497 e. The Bertz CT molecular complexity index is 427. The van der Waals surface area contributed by atoms with Crippen molar-refractivity contribution in [1.29, 1.82) is 0 Å². The summed E-state index contributed by atoms with van der Waals surface area (Å²) in [5.74, 6) is 0.948. The van der Waals surface area contributed by atoms with Crippen LogP contribution in [-0.4, -0.2) is 38.7 Å². The fourth-order valence-electron chi connectivity index (χ4n) is 3.62. The Balaban J connectivity index is 1.93. The second-order valence-electron chi connectivity index (χ2n) is 6.51. The van der Waals surface area contributed by atoms with Gasteiger partial charge in [0.15, 0.2) is 0 Å². The van der Waals surface area contributed by atoms with E-state index in [0.717, 1.165) is 25.4 Å². The van der Waals surface area contributed by atoms with E-state index >= 15 is 0 Å².